The molecule has 8 heteroatoms. The average molecular weight is 350 g/mol. The third-order valence-electron chi connectivity index (χ3n) is 4.12. The molecule has 1 saturated heterocycles. The summed E-state index contributed by atoms with van der Waals surface area (Å²) in [5.74, 6) is 0.460. The molecule has 0 saturated carbocycles. The zero-order chi connectivity index (χ0) is 17.8. The van der Waals surface area contributed by atoms with Gasteiger partial charge < -0.3 is 9.64 Å². The Morgan fingerprint density at radius 2 is 1.92 bits per heavy atom. The van der Waals surface area contributed by atoms with Gasteiger partial charge in [0.05, 0.1) is 13.2 Å². The molecule has 0 aliphatic carbocycles. The molecule has 4 rings (SSSR count). The standard InChI is InChI=1S/C18H18N6O2/c25-17(13-4-6-14(7-5-13)24-9-11-26-12-10-24)21-18-20-16(22-23-18)15-3-1-2-8-19-15/h1-8H,9-12H2,(H2,20,21,22,23,25). The molecule has 3 aromatic rings. The summed E-state index contributed by atoms with van der Waals surface area (Å²) < 4.78 is 5.36. The SMILES string of the molecule is O=C(Nc1n[nH]c(-c2ccccn2)n1)c1ccc(N2CCOCC2)cc1. The van der Waals surface area contributed by atoms with E-state index >= 15 is 0 Å². The van der Waals surface area contributed by atoms with Crippen molar-refractivity contribution >= 4 is 17.5 Å². The van der Waals surface area contributed by atoms with Gasteiger partial charge in [-0.05, 0) is 36.4 Å². The van der Waals surface area contributed by atoms with Crippen molar-refractivity contribution in [3.63, 3.8) is 0 Å². The highest BCUT2D eigenvalue weighted by molar-refractivity contribution is 6.03. The summed E-state index contributed by atoms with van der Waals surface area (Å²) in [5.41, 5.74) is 2.29. The number of carbonyl (C=O) groups is 1. The average Bonchev–Trinajstić information content (AvgIpc) is 3.18. The van der Waals surface area contributed by atoms with E-state index < -0.39 is 0 Å². The predicted octanol–water partition coefficient (Wildman–Crippen LogP) is 1.96. The van der Waals surface area contributed by atoms with E-state index in [1.807, 2.05) is 30.3 Å². The molecular formula is C18H18N6O2. The van der Waals surface area contributed by atoms with E-state index in [1.54, 1.807) is 18.3 Å². The molecule has 8 nitrogen and oxygen atoms in total. The van der Waals surface area contributed by atoms with E-state index in [-0.39, 0.29) is 11.9 Å². The van der Waals surface area contributed by atoms with Crippen LogP contribution in [-0.4, -0.2) is 52.4 Å². The Labute approximate surface area is 150 Å². The van der Waals surface area contributed by atoms with E-state index in [2.05, 4.69) is 30.4 Å². The summed E-state index contributed by atoms with van der Waals surface area (Å²) in [4.78, 5) is 23.1. The Balaban J connectivity index is 1.42. The van der Waals surface area contributed by atoms with Crippen molar-refractivity contribution in [3.05, 3.63) is 54.2 Å². The van der Waals surface area contributed by atoms with Crippen LogP contribution in [0.2, 0.25) is 0 Å². The van der Waals surface area contributed by atoms with Crippen LogP contribution < -0.4 is 10.2 Å². The van der Waals surface area contributed by atoms with Gasteiger partial charge in [0, 0.05) is 30.5 Å². The van der Waals surface area contributed by atoms with Crippen molar-refractivity contribution < 1.29 is 9.53 Å². The van der Waals surface area contributed by atoms with Crippen molar-refractivity contribution in [1.29, 1.82) is 0 Å². The second-order valence-corrected chi connectivity index (χ2v) is 5.82. The predicted molar refractivity (Wildman–Crippen MR) is 97.0 cm³/mol. The minimum absolute atomic E-state index is 0.216. The molecule has 1 amide bonds. The number of hydrogen-bond donors (Lipinski definition) is 2. The number of nitrogens with one attached hydrogen (secondary N) is 2. The first kappa shape index (κ1) is 16.2. The quantitative estimate of drug-likeness (QED) is 0.747. The molecule has 2 N–H and O–H groups in total. The fourth-order valence-electron chi connectivity index (χ4n) is 2.75. The first-order valence-corrected chi connectivity index (χ1v) is 8.37. The number of ether oxygens (including phenoxy) is 1. The minimum atomic E-state index is -0.259. The molecule has 2 aromatic heterocycles. The smallest absolute Gasteiger partial charge is 0.258 e. The number of H-pyrrole nitrogens is 1. The van der Waals surface area contributed by atoms with Crippen molar-refractivity contribution in [2.75, 3.05) is 36.5 Å². The van der Waals surface area contributed by atoms with Crippen LogP contribution in [0, 0.1) is 0 Å². The number of anilines is 2. The number of benzene rings is 1. The maximum absolute atomic E-state index is 12.4. The number of carbonyl (C=O) groups excluding carboxylic acids is 1. The molecular weight excluding hydrogens is 332 g/mol. The first-order valence-electron chi connectivity index (χ1n) is 8.37. The molecule has 0 radical (unpaired) electrons. The molecule has 26 heavy (non-hydrogen) atoms. The summed E-state index contributed by atoms with van der Waals surface area (Å²) in [6.07, 6.45) is 1.67. The van der Waals surface area contributed by atoms with Crippen molar-refractivity contribution in [2.45, 2.75) is 0 Å². The molecule has 1 fully saturated rings. The molecule has 0 bridgehead atoms. The van der Waals surface area contributed by atoms with Crippen LogP contribution in [0.25, 0.3) is 11.5 Å². The van der Waals surface area contributed by atoms with Crippen LogP contribution >= 0.6 is 0 Å². The van der Waals surface area contributed by atoms with E-state index in [9.17, 15) is 4.79 Å². The van der Waals surface area contributed by atoms with Crippen LogP contribution in [0.5, 0.6) is 0 Å². The molecule has 1 aliphatic rings. The highest BCUT2D eigenvalue weighted by Gasteiger charge is 2.14. The van der Waals surface area contributed by atoms with Crippen molar-refractivity contribution in [3.8, 4) is 11.5 Å². The van der Waals surface area contributed by atoms with Crippen molar-refractivity contribution in [1.82, 2.24) is 20.2 Å². The lowest BCUT2D eigenvalue weighted by Crippen LogP contribution is -2.36. The number of pyridine rings is 1. The van der Waals surface area contributed by atoms with Gasteiger partial charge in [-0.3, -0.25) is 20.2 Å². The van der Waals surface area contributed by atoms with E-state index in [0.717, 1.165) is 32.0 Å². The van der Waals surface area contributed by atoms with Crippen LogP contribution in [0.4, 0.5) is 11.6 Å². The maximum Gasteiger partial charge on any atom is 0.258 e. The van der Waals surface area contributed by atoms with Crippen LogP contribution in [-0.2, 0) is 4.74 Å². The number of amides is 1. The number of nitrogens with zero attached hydrogens (tertiary/aromatic N) is 4. The summed E-state index contributed by atoms with van der Waals surface area (Å²) in [6, 6.07) is 13.0. The molecule has 1 aromatic carbocycles. The van der Waals surface area contributed by atoms with Gasteiger partial charge >= 0.3 is 0 Å². The van der Waals surface area contributed by atoms with Gasteiger partial charge in [-0.15, -0.1) is 5.10 Å². The molecule has 3 heterocycles. The van der Waals surface area contributed by atoms with E-state index in [4.69, 9.17) is 4.74 Å². The summed E-state index contributed by atoms with van der Waals surface area (Å²) in [7, 11) is 0. The van der Waals surface area contributed by atoms with Gasteiger partial charge in [-0.1, -0.05) is 6.07 Å². The summed E-state index contributed by atoms with van der Waals surface area (Å²) >= 11 is 0. The Morgan fingerprint density at radius 3 is 2.65 bits per heavy atom. The third-order valence-corrected chi connectivity index (χ3v) is 4.12. The zero-order valence-electron chi connectivity index (χ0n) is 14.1. The van der Waals surface area contributed by atoms with Crippen LogP contribution in [0.15, 0.2) is 48.7 Å². The second-order valence-electron chi connectivity index (χ2n) is 5.82. The third kappa shape index (κ3) is 3.55. The Kier molecular flexibility index (Phi) is 4.57. The topological polar surface area (TPSA) is 96.0 Å². The Bertz CT molecular complexity index is 872. The van der Waals surface area contributed by atoms with Gasteiger partial charge in [0.25, 0.3) is 5.91 Å². The maximum atomic E-state index is 12.4. The van der Waals surface area contributed by atoms with Crippen molar-refractivity contribution in [2.24, 2.45) is 0 Å². The van der Waals surface area contributed by atoms with Gasteiger partial charge in [-0.2, -0.15) is 4.98 Å². The van der Waals surface area contributed by atoms with Crippen LogP contribution in [0.1, 0.15) is 10.4 Å². The first-order chi connectivity index (χ1) is 12.8. The summed E-state index contributed by atoms with van der Waals surface area (Å²) in [5, 5.41) is 9.49. The number of rotatable bonds is 4. The lowest BCUT2D eigenvalue weighted by atomic mass is 10.2. The molecule has 1 aliphatic heterocycles. The van der Waals surface area contributed by atoms with E-state index in [1.165, 1.54) is 0 Å². The molecule has 0 atom stereocenters. The summed E-state index contributed by atoms with van der Waals surface area (Å²) in [6.45, 7) is 3.18. The number of aromatic amines is 1. The number of morpholine rings is 1. The van der Waals surface area contributed by atoms with Crippen LogP contribution in [0.3, 0.4) is 0 Å². The molecule has 132 valence electrons. The number of hydrogen-bond acceptors (Lipinski definition) is 6. The lowest BCUT2D eigenvalue weighted by Gasteiger charge is -2.28. The second kappa shape index (κ2) is 7.32. The van der Waals surface area contributed by atoms with Gasteiger partial charge in [-0.25, -0.2) is 0 Å². The Morgan fingerprint density at radius 1 is 1.12 bits per heavy atom. The van der Waals surface area contributed by atoms with Gasteiger partial charge in [0.1, 0.15) is 5.69 Å². The van der Waals surface area contributed by atoms with E-state index in [0.29, 0.717) is 17.1 Å². The lowest BCUT2D eigenvalue weighted by molar-refractivity contribution is 0.102. The zero-order valence-corrected chi connectivity index (χ0v) is 14.1. The normalized spacial score (nSPS) is 14.2. The fraction of sp³-hybridized carbons (Fsp3) is 0.222. The molecule has 0 unspecified atom stereocenters. The Hall–Kier alpha value is -3.26. The highest BCUT2D eigenvalue weighted by atomic mass is 16.5. The monoisotopic (exact) mass is 350 g/mol. The van der Waals surface area contributed by atoms with Gasteiger partial charge in [0.2, 0.25) is 5.95 Å². The van der Waals surface area contributed by atoms with Gasteiger partial charge in [0.15, 0.2) is 5.82 Å². The minimum Gasteiger partial charge on any atom is -0.378 e. The molecule has 0 spiro atoms. The number of aromatic nitrogens is 4. The fourth-order valence-corrected chi connectivity index (χ4v) is 2.75. The largest absolute Gasteiger partial charge is 0.378 e. The highest BCUT2D eigenvalue weighted by Crippen LogP contribution is 2.18.